The van der Waals surface area contributed by atoms with Gasteiger partial charge in [-0.1, -0.05) is 26.0 Å². The number of anilines is 1. The summed E-state index contributed by atoms with van der Waals surface area (Å²) in [4.78, 5) is 11.8. The Labute approximate surface area is 102 Å². The van der Waals surface area contributed by atoms with Crippen molar-refractivity contribution in [1.82, 2.24) is 0 Å². The van der Waals surface area contributed by atoms with Crippen LogP contribution in [0.15, 0.2) is 24.3 Å². The molecule has 3 nitrogen and oxygen atoms in total. The molecule has 1 aliphatic rings. The Morgan fingerprint density at radius 1 is 1.35 bits per heavy atom. The maximum atomic E-state index is 11.8. The van der Waals surface area contributed by atoms with Crippen LogP contribution in [0.1, 0.15) is 38.2 Å². The molecule has 3 heteroatoms. The van der Waals surface area contributed by atoms with E-state index in [2.05, 4.69) is 31.3 Å². The highest BCUT2D eigenvalue weighted by Gasteiger charge is 2.23. The minimum atomic E-state index is -0.264. The molecule has 1 aromatic carbocycles. The zero-order valence-electron chi connectivity index (χ0n) is 10.4. The molecule has 0 aromatic heterocycles. The van der Waals surface area contributed by atoms with E-state index in [1.165, 1.54) is 5.56 Å². The highest BCUT2D eigenvalue weighted by molar-refractivity contribution is 5.94. The predicted octanol–water partition coefficient (Wildman–Crippen LogP) is 2.93. The number of hydrogen-bond donors (Lipinski definition) is 1. The van der Waals surface area contributed by atoms with E-state index < -0.39 is 0 Å². The van der Waals surface area contributed by atoms with E-state index in [1.807, 2.05) is 12.1 Å². The van der Waals surface area contributed by atoms with Crippen molar-refractivity contribution in [3.05, 3.63) is 29.8 Å². The van der Waals surface area contributed by atoms with Crippen molar-refractivity contribution < 1.29 is 9.53 Å². The van der Waals surface area contributed by atoms with Crippen LogP contribution in [-0.4, -0.2) is 18.6 Å². The van der Waals surface area contributed by atoms with Gasteiger partial charge in [0.05, 0.1) is 0 Å². The van der Waals surface area contributed by atoms with E-state index in [4.69, 9.17) is 4.74 Å². The maximum absolute atomic E-state index is 11.8. The van der Waals surface area contributed by atoms with Gasteiger partial charge in [0.2, 0.25) is 0 Å². The normalized spacial score (nSPS) is 19.6. The molecule has 0 saturated carbocycles. The molecule has 17 heavy (non-hydrogen) atoms. The third-order valence-corrected chi connectivity index (χ3v) is 3.07. The first kappa shape index (κ1) is 12.1. The van der Waals surface area contributed by atoms with Crippen molar-refractivity contribution >= 4 is 11.6 Å². The number of amides is 1. The smallest absolute Gasteiger partial charge is 0.253 e. The van der Waals surface area contributed by atoms with Crippen molar-refractivity contribution in [2.24, 2.45) is 0 Å². The predicted molar refractivity (Wildman–Crippen MR) is 68.1 cm³/mol. The number of ether oxygens (including phenoxy) is 1. The minimum Gasteiger partial charge on any atom is -0.368 e. The van der Waals surface area contributed by atoms with E-state index >= 15 is 0 Å². The fourth-order valence-electron chi connectivity index (χ4n) is 1.96. The van der Waals surface area contributed by atoms with Crippen LogP contribution in [-0.2, 0) is 9.53 Å². The third kappa shape index (κ3) is 3.07. The van der Waals surface area contributed by atoms with Crippen LogP contribution in [0.4, 0.5) is 5.69 Å². The van der Waals surface area contributed by atoms with Gasteiger partial charge in [0.15, 0.2) is 0 Å². The molecule has 1 aromatic rings. The summed E-state index contributed by atoms with van der Waals surface area (Å²) in [6, 6.07) is 8.00. The lowest BCUT2D eigenvalue weighted by Gasteiger charge is -2.11. The largest absolute Gasteiger partial charge is 0.368 e. The van der Waals surface area contributed by atoms with Gasteiger partial charge in [-0.25, -0.2) is 0 Å². The Morgan fingerprint density at radius 3 is 2.59 bits per heavy atom. The molecule has 0 radical (unpaired) electrons. The van der Waals surface area contributed by atoms with Crippen LogP contribution < -0.4 is 5.32 Å². The lowest BCUT2D eigenvalue weighted by molar-refractivity contribution is -0.124. The van der Waals surface area contributed by atoms with Crippen molar-refractivity contribution in [3.8, 4) is 0 Å². The van der Waals surface area contributed by atoms with Crippen molar-refractivity contribution in [2.45, 2.75) is 38.7 Å². The van der Waals surface area contributed by atoms with Gasteiger partial charge in [-0.3, -0.25) is 4.79 Å². The zero-order chi connectivity index (χ0) is 12.3. The summed E-state index contributed by atoms with van der Waals surface area (Å²) in [5.74, 6) is 0.484. The second kappa shape index (κ2) is 5.32. The number of nitrogens with one attached hydrogen (secondary N) is 1. The average Bonchev–Trinajstić information content (AvgIpc) is 2.83. The van der Waals surface area contributed by atoms with Crippen LogP contribution in [0.5, 0.6) is 0 Å². The molecule has 92 valence electrons. The first-order valence-corrected chi connectivity index (χ1v) is 6.19. The second-order valence-corrected chi connectivity index (χ2v) is 4.77. The van der Waals surface area contributed by atoms with Gasteiger partial charge in [0.1, 0.15) is 6.10 Å². The summed E-state index contributed by atoms with van der Waals surface area (Å²) in [6.45, 7) is 5.00. The summed E-state index contributed by atoms with van der Waals surface area (Å²) in [5.41, 5.74) is 2.12. The molecular weight excluding hydrogens is 214 g/mol. The fourth-order valence-corrected chi connectivity index (χ4v) is 1.96. The summed E-state index contributed by atoms with van der Waals surface area (Å²) in [5, 5.41) is 2.89. The Hall–Kier alpha value is -1.35. The zero-order valence-corrected chi connectivity index (χ0v) is 10.4. The maximum Gasteiger partial charge on any atom is 0.253 e. The highest BCUT2D eigenvalue weighted by Crippen LogP contribution is 2.18. The fraction of sp³-hybridized carbons (Fsp3) is 0.500. The number of benzene rings is 1. The molecule has 1 amide bonds. The van der Waals surface area contributed by atoms with Crippen molar-refractivity contribution in [1.29, 1.82) is 0 Å². The van der Waals surface area contributed by atoms with Crippen LogP contribution in [0.2, 0.25) is 0 Å². The molecule has 0 bridgehead atoms. The van der Waals surface area contributed by atoms with Gasteiger partial charge in [0, 0.05) is 12.3 Å². The van der Waals surface area contributed by atoms with Crippen LogP contribution in [0.25, 0.3) is 0 Å². The SMILES string of the molecule is CC(C)c1ccc(NC(=O)[C@H]2CCCO2)cc1. The van der Waals surface area contributed by atoms with Gasteiger partial charge in [-0.15, -0.1) is 0 Å². The third-order valence-electron chi connectivity index (χ3n) is 3.07. The molecule has 1 heterocycles. The molecule has 0 aliphatic carbocycles. The molecule has 1 saturated heterocycles. The van der Waals surface area contributed by atoms with Crippen LogP contribution >= 0.6 is 0 Å². The van der Waals surface area contributed by atoms with E-state index in [1.54, 1.807) is 0 Å². The van der Waals surface area contributed by atoms with Gasteiger partial charge < -0.3 is 10.1 Å². The number of carbonyl (C=O) groups is 1. The lowest BCUT2D eigenvalue weighted by atomic mass is 10.0. The summed E-state index contributed by atoms with van der Waals surface area (Å²) in [7, 11) is 0. The number of rotatable bonds is 3. The van der Waals surface area contributed by atoms with Crippen LogP contribution in [0.3, 0.4) is 0 Å². The average molecular weight is 233 g/mol. The Balaban J connectivity index is 1.96. The summed E-state index contributed by atoms with van der Waals surface area (Å²) < 4.78 is 5.34. The topological polar surface area (TPSA) is 38.3 Å². The van der Waals surface area contributed by atoms with E-state index in [9.17, 15) is 4.79 Å². The molecule has 0 spiro atoms. The molecule has 2 rings (SSSR count). The number of carbonyl (C=O) groups excluding carboxylic acids is 1. The second-order valence-electron chi connectivity index (χ2n) is 4.77. The van der Waals surface area contributed by atoms with Gasteiger partial charge in [-0.2, -0.15) is 0 Å². The van der Waals surface area contributed by atoms with Crippen molar-refractivity contribution in [2.75, 3.05) is 11.9 Å². The van der Waals surface area contributed by atoms with Crippen molar-refractivity contribution in [3.63, 3.8) is 0 Å². The Bertz CT molecular complexity index is 378. The highest BCUT2D eigenvalue weighted by atomic mass is 16.5. The van der Waals surface area contributed by atoms with E-state index in [0.29, 0.717) is 12.5 Å². The molecule has 0 unspecified atom stereocenters. The molecule has 1 atom stereocenters. The molecule has 1 fully saturated rings. The minimum absolute atomic E-state index is 0.0280. The Kier molecular flexibility index (Phi) is 3.79. The van der Waals surface area contributed by atoms with Gasteiger partial charge >= 0.3 is 0 Å². The van der Waals surface area contributed by atoms with Crippen LogP contribution in [0, 0.1) is 0 Å². The summed E-state index contributed by atoms with van der Waals surface area (Å²) >= 11 is 0. The monoisotopic (exact) mass is 233 g/mol. The van der Waals surface area contributed by atoms with E-state index in [0.717, 1.165) is 18.5 Å². The lowest BCUT2D eigenvalue weighted by Crippen LogP contribution is -2.26. The summed E-state index contributed by atoms with van der Waals surface area (Å²) in [6.07, 6.45) is 1.54. The van der Waals surface area contributed by atoms with Gasteiger partial charge in [-0.05, 0) is 36.5 Å². The number of hydrogen-bond acceptors (Lipinski definition) is 2. The van der Waals surface area contributed by atoms with Gasteiger partial charge in [0.25, 0.3) is 5.91 Å². The molecule has 1 aliphatic heterocycles. The van der Waals surface area contributed by atoms with E-state index in [-0.39, 0.29) is 12.0 Å². The standard InChI is InChI=1S/C14H19NO2/c1-10(2)11-5-7-12(8-6-11)15-14(16)13-4-3-9-17-13/h5-8,10,13H,3-4,9H2,1-2H3,(H,15,16)/t13-/m1/s1. The first-order chi connectivity index (χ1) is 8.16. The molecular formula is C14H19NO2. The first-order valence-electron chi connectivity index (χ1n) is 6.19. The Morgan fingerprint density at radius 2 is 2.06 bits per heavy atom. The molecule has 1 N–H and O–H groups in total. The quantitative estimate of drug-likeness (QED) is 0.871.